The van der Waals surface area contributed by atoms with E-state index in [-0.39, 0.29) is 10.6 Å². The number of aryl methyl sites for hydroxylation is 1. The molecule has 21 heavy (non-hydrogen) atoms. The van der Waals surface area contributed by atoms with Gasteiger partial charge in [0.15, 0.2) is 0 Å². The maximum Gasteiger partial charge on any atom is 0.417 e. The number of hydrogen-bond donors (Lipinski definition) is 2. The van der Waals surface area contributed by atoms with Crippen LogP contribution in [0.2, 0.25) is 0 Å². The number of nitrogens with two attached hydrogens (primary N) is 1. The quantitative estimate of drug-likeness (QED) is 0.839. The molecule has 0 bridgehead atoms. The van der Waals surface area contributed by atoms with Crippen LogP contribution in [0, 0.1) is 6.92 Å². The van der Waals surface area contributed by atoms with Crippen molar-refractivity contribution in [1.82, 2.24) is 4.98 Å². The average Bonchev–Trinajstić information content (AvgIpc) is 2.80. The predicted octanol–water partition coefficient (Wildman–Crippen LogP) is 3.72. The third-order valence-corrected chi connectivity index (χ3v) is 4.04. The van der Waals surface area contributed by atoms with Crippen LogP contribution in [0.25, 0.3) is 0 Å². The van der Waals surface area contributed by atoms with Crippen molar-refractivity contribution in [2.45, 2.75) is 19.6 Å². The number of aromatic nitrogens is 1. The molecule has 0 unspecified atom stereocenters. The van der Waals surface area contributed by atoms with E-state index in [9.17, 15) is 13.2 Å². The predicted molar refractivity (Wildman–Crippen MR) is 81.5 cm³/mol. The molecular formula is C13H12F3N3S2. The van der Waals surface area contributed by atoms with E-state index < -0.39 is 11.7 Å². The molecular weight excluding hydrogens is 319 g/mol. The molecule has 0 aliphatic rings. The van der Waals surface area contributed by atoms with Gasteiger partial charge in [-0.1, -0.05) is 12.2 Å². The highest BCUT2D eigenvalue weighted by Gasteiger charge is 2.34. The molecule has 0 radical (unpaired) electrons. The van der Waals surface area contributed by atoms with Crippen molar-refractivity contribution in [2.75, 3.05) is 5.32 Å². The summed E-state index contributed by atoms with van der Waals surface area (Å²) in [6, 6.07) is 3.83. The SMILES string of the molecule is Cc1ncsc1CNc1ccc(C(N)=S)c(C(F)(F)F)c1. The Bertz CT molecular complexity index is 665. The maximum absolute atomic E-state index is 13.0. The summed E-state index contributed by atoms with van der Waals surface area (Å²) in [7, 11) is 0. The van der Waals surface area contributed by atoms with Gasteiger partial charge in [0.25, 0.3) is 0 Å². The van der Waals surface area contributed by atoms with E-state index in [2.05, 4.69) is 22.5 Å². The number of benzene rings is 1. The normalized spacial score (nSPS) is 11.4. The smallest absolute Gasteiger partial charge is 0.389 e. The van der Waals surface area contributed by atoms with E-state index >= 15 is 0 Å². The van der Waals surface area contributed by atoms with Gasteiger partial charge in [0.1, 0.15) is 4.99 Å². The van der Waals surface area contributed by atoms with Crippen LogP contribution >= 0.6 is 23.6 Å². The molecule has 0 aliphatic heterocycles. The second kappa shape index (κ2) is 5.98. The Kier molecular flexibility index (Phi) is 4.48. The number of halogens is 3. The first-order valence-corrected chi connectivity index (χ1v) is 7.21. The van der Waals surface area contributed by atoms with Crippen molar-refractivity contribution in [3.05, 3.63) is 45.4 Å². The number of alkyl halides is 3. The van der Waals surface area contributed by atoms with E-state index in [1.54, 1.807) is 5.51 Å². The zero-order valence-corrected chi connectivity index (χ0v) is 12.6. The summed E-state index contributed by atoms with van der Waals surface area (Å²) in [5.74, 6) is 0. The first kappa shape index (κ1) is 15.7. The van der Waals surface area contributed by atoms with Gasteiger partial charge in [-0.2, -0.15) is 13.2 Å². The standard InChI is InChI=1S/C13H12F3N3S2/c1-7-11(21-6-19-7)5-18-8-2-3-9(12(17)20)10(4-8)13(14,15)16/h2-4,6,18H,5H2,1H3,(H2,17,20). The van der Waals surface area contributed by atoms with Gasteiger partial charge < -0.3 is 11.1 Å². The molecule has 3 N–H and O–H groups in total. The summed E-state index contributed by atoms with van der Waals surface area (Å²) < 4.78 is 39.0. The van der Waals surface area contributed by atoms with Crippen LogP contribution in [-0.4, -0.2) is 9.97 Å². The van der Waals surface area contributed by atoms with Crippen LogP contribution in [0.4, 0.5) is 18.9 Å². The summed E-state index contributed by atoms with van der Waals surface area (Å²) in [5, 5.41) is 2.95. The lowest BCUT2D eigenvalue weighted by Crippen LogP contribution is -2.18. The number of rotatable bonds is 4. The number of nitrogens with zero attached hydrogens (tertiary/aromatic N) is 1. The molecule has 0 atom stereocenters. The lowest BCUT2D eigenvalue weighted by atomic mass is 10.1. The monoisotopic (exact) mass is 331 g/mol. The second-order valence-corrected chi connectivity index (χ2v) is 5.72. The van der Waals surface area contributed by atoms with Gasteiger partial charge in [-0.05, 0) is 25.1 Å². The first-order valence-electron chi connectivity index (χ1n) is 5.93. The molecule has 0 amide bonds. The number of thiocarbonyl (C=S) groups is 1. The molecule has 0 spiro atoms. The Morgan fingerprint density at radius 1 is 1.43 bits per heavy atom. The van der Waals surface area contributed by atoms with Gasteiger partial charge in [0, 0.05) is 16.1 Å². The molecule has 112 valence electrons. The van der Waals surface area contributed by atoms with E-state index in [4.69, 9.17) is 5.73 Å². The minimum Gasteiger partial charge on any atom is -0.389 e. The van der Waals surface area contributed by atoms with Gasteiger partial charge in [0.2, 0.25) is 0 Å². The van der Waals surface area contributed by atoms with Crippen molar-refractivity contribution in [3.8, 4) is 0 Å². The Hall–Kier alpha value is -1.67. The second-order valence-electron chi connectivity index (χ2n) is 4.34. The highest BCUT2D eigenvalue weighted by atomic mass is 32.1. The van der Waals surface area contributed by atoms with Crippen LogP contribution in [0.15, 0.2) is 23.7 Å². The average molecular weight is 331 g/mol. The van der Waals surface area contributed by atoms with Crippen LogP contribution in [0.1, 0.15) is 21.7 Å². The molecule has 0 aliphatic carbocycles. The fourth-order valence-corrected chi connectivity index (χ4v) is 2.68. The van der Waals surface area contributed by atoms with Gasteiger partial charge >= 0.3 is 6.18 Å². The Labute approximate surface area is 129 Å². The zero-order chi connectivity index (χ0) is 15.6. The molecule has 1 aromatic carbocycles. The van der Waals surface area contributed by atoms with Crippen LogP contribution < -0.4 is 11.1 Å². The number of anilines is 1. The largest absolute Gasteiger partial charge is 0.417 e. The fourth-order valence-electron chi connectivity index (χ4n) is 1.78. The summed E-state index contributed by atoms with van der Waals surface area (Å²) >= 11 is 6.11. The number of nitrogens with one attached hydrogen (secondary N) is 1. The minimum absolute atomic E-state index is 0.169. The Morgan fingerprint density at radius 2 is 2.14 bits per heavy atom. The van der Waals surface area contributed by atoms with Crippen molar-refractivity contribution >= 4 is 34.2 Å². The molecule has 2 rings (SSSR count). The Morgan fingerprint density at radius 3 is 2.67 bits per heavy atom. The van der Waals surface area contributed by atoms with Gasteiger partial charge in [-0.3, -0.25) is 0 Å². The highest BCUT2D eigenvalue weighted by molar-refractivity contribution is 7.80. The zero-order valence-electron chi connectivity index (χ0n) is 11.0. The molecule has 2 aromatic rings. The summed E-state index contributed by atoms with van der Waals surface area (Å²) in [6.07, 6.45) is -4.50. The van der Waals surface area contributed by atoms with Crippen LogP contribution in [-0.2, 0) is 12.7 Å². The third kappa shape index (κ3) is 3.70. The van der Waals surface area contributed by atoms with Gasteiger partial charge in [-0.25, -0.2) is 4.98 Å². The van der Waals surface area contributed by atoms with Crippen molar-refractivity contribution in [2.24, 2.45) is 5.73 Å². The lowest BCUT2D eigenvalue weighted by molar-refractivity contribution is -0.137. The molecule has 0 saturated heterocycles. The first-order chi connectivity index (χ1) is 9.79. The number of thiazole rings is 1. The van der Waals surface area contributed by atoms with E-state index in [1.807, 2.05) is 6.92 Å². The molecule has 8 heteroatoms. The summed E-state index contributed by atoms with van der Waals surface area (Å²) in [5.41, 5.74) is 7.25. The molecule has 0 fully saturated rings. The summed E-state index contributed by atoms with van der Waals surface area (Å²) in [6.45, 7) is 2.27. The fraction of sp³-hybridized carbons (Fsp3) is 0.231. The van der Waals surface area contributed by atoms with Crippen LogP contribution in [0.3, 0.4) is 0 Å². The lowest BCUT2D eigenvalue weighted by Gasteiger charge is -2.14. The molecule has 3 nitrogen and oxygen atoms in total. The van der Waals surface area contributed by atoms with Crippen molar-refractivity contribution in [1.29, 1.82) is 0 Å². The van der Waals surface area contributed by atoms with Gasteiger partial charge in [-0.15, -0.1) is 11.3 Å². The molecule has 1 aromatic heterocycles. The molecule has 1 heterocycles. The van der Waals surface area contributed by atoms with Gasteiger partial charge in [0.05, 0.1) is 23.3 Å². The van der Waals surface area contributed by atoms with Crippen LogP contribution in [0.5, 0.6) is 0 Å². The van der Waals surface area contributed by atoms with E-state index in [0.717, 1.165) is 16.6 Å². The maximum atomic E-state index is 13.0. The topological polar surface area (TPSA) is 50.9 Å². The summed E-state index contributed by atoms with van der Waals surface area (Å²) in [4.78, 5) is 4.79. The van der Waals surface area contributed by atoms with E-state index in [0.29, 0.717) is 12.2 Å². The van der Waals surface area contributed by atoms with Crippen molar-refractivity contribution < 1.29 is 13.2 Å². The van der Waals surface area contributed by atoms with Crippen molar-refractivity contribution in [3.63, 3.8) is 0 Å². The highest BCUT2D eigenvalue weighted by Crippen LogP contribution is 2.34. The minimum atomic E-state index is -4.50. The third-order valence-electron chi connectivity index (χ3n) is 2.89. The number of hydrogen-bond acceptors (Lipinski definition) is 4. The van der Waals surface area contributed by atoms with E-state index in [1.165, 1.54) is 23.5 Å². The Balaban J connectivity index is 2.26. The molecule has 0 saturated carbocycles.